The van der Waals surface area contributed by atoms with Crippen LogP contribution in [0.1, 0.15) is 57.5 Å². The molecule has 1 aromatic heterocycles. The van der Waals surface area contributed by atoms with Gasteiger partial charge in [0.15, 0.2) is 5.84 Å². The van der Waals surface area contributed by atoms with Gasteiger partial charge < -0.3 is 18.8 Å². The van der Waals surface area contributed by atoms with Crippen LogP contribution in [0, 0.1) is 5.41 Å². The first-order valence-electron chi connectivity index (χ1n) is 17.4. The lowest BCUT2D eigenvalue weighted by atomic mass is 9.89. The van der Waals surface area contributed by atoms with Crippen LogP contribution in [0.4, 0.5) is 5.95 Å². The van der Waals surface area contributed by atoms with Gasteiger partial charge in [-0.2, -0.15) is 15.0 Å². The van der Waals surface area contributed by atoms with Crippen molar-refractivity contribution in [2.24, 2.45) is 0 Å². The minimum atomic E-state index is -2.94. The van der Waals surface area contributed by atoms with Gasteiger partial charge in [-0.25, -0.2) is 5.48 Å². The standard InChI is InChI=1S/C38H47N7O4Si/c1-36(2,3)50(29-15-7-5-8-16-29,30-17-9-6-10-18-30)49-37(4)25-44(22-23-47-26-37)34-40-33(32(39)43-46)41-35(42-34)48-27-38-20-13-21-45(38)24-28-14-11-12-19-31(28)38/h5-12,14-19,46H,13,20-27H2,1-4H3,(H2,39,43). The lowest BCUT2D eigenvalue weighted by Gasteiger charge is -2.48. The lowest BCUT2D eigenvalue weighted by Crippen LogP contribution is -2.70. The zero-order chi connectivity index (χ0) is 35.0. The summed E-state index contributed by atoms with van der Waals surface area (Å²) in [6, 6.07) is 29.8. The van der Waals surface area contributed by atoms with Crippen molar-refractivity contribution in [1.82, 2.24) is 25.3 Å². The molecule has 3 N–H and O–H groups in total. The summed E-state index contributed by atoms with van der Waals surface area (Å²) in [4.78, 5) is 18.4. The topological polar surface area (TPSA) is 129 Å². The van der Waals surface area contributed by atoms with Gasteiger partial charge in [0.05, 0.1) is 30.9 Å². The molecule has 50 heavy (non-hydrogen) atoms. The lowest BCUT2D eigenvalue weighted by molar-refractivity contribution is -0.000402. The van der Waals surface area contributed by atoms with Gasteiger partial charge in [-0.05, 0) is 52.8 Å². The highest BCUT2D eigenvalue weighted by Crippen LogP contribution is 2.47. The first-order valence-corrected chi connectivity index (χ1v) is 19.3. The second kappa shape index (κ2) is 13.5. The summed E-state index contributed by atoms with van der Waals surface area (Å²) >= 11 is 0. The van der Waals surface area contributed by atoms with E-state index in [0.29, 0.717) is 38.9 Å². The maximum atomic E-state index is 9.69. The van der Waals surface area contributed by atoms with Gasteiger partial charge in [-0.1, -0.05) is 106 Å². The van der Waals surface area contributed by atoms with Crippen LogP contribution >= 0.6 is 0 Å². The van der Waals surface area contributed by atoms with Crippen LogP contribution in [0.15, 0.2) is 84.9 Å². The van der Waals surface area contributed by atoms with Crippen LogP contribution < -0.4 is 25.5 Å². The van der Waals surface area contributed by atoms with Crippen molar-refractivity contribution in [3.05, 3.63) is 102 Å². The SMILES string of the molecule is CC1(O[Si](c2ccccc2)(c2ccccc2)C(C)(C)C)COCCN(c2nc(OCC34CCCN3Cc3ccccc34)nc(C(=N)NO)n2)C1. The number of nitrogens with one attached hydrogen (secondary N) is 2. The van der Waals surface area contributed by atoms with Crippen LogP contribution in [-0.2, 0) is 21.2 Å². The number of hydrogen-bond donors (Lipinski definition) is 3. The average Bonchev–Trinajstić information content (AvgIpc) is 3.59. The fraction of sp³-hybridized carbons (Fsp3) is 0.421. The van der Waals surface area contributed by atoms with Crippen molar-refractivity contribution < 1.29 is 19.1 Å². The molecule has 7 rings (SSSR count). The monoisotopic (exact) mass is 693 g/mol. The molecular weight excluding hydrogens is 647 g/mol. The zero-order valence-corrected chi connectivity index (χ0v) is 30.4. The molecule has 2 fully saturated rings. The normalized spacial score (nSPS) is 22.5. The number of benzene rings is 3. The molecule has 0 radical (unpaired) electrons. The van der Waals surface area contributed by atoms with Crippen molar-refractivity contribution in [3.63, 3.8) is 0 Å². The van der Waals surface area contributed by atoms with Crippen molar-refractivity contribution in [2.45, 2.75) is 63.3 Å². The smallest absolute Gasteiger partial charge is 0.321 e. The quantitative estimate of drug-likeness (QED) is 0.101. The highest BCUT2D eigenvalue weighted by molar-refractivity contribution is 6.99. The summed E-state index contributed by atoms with van der Waals surface area (Å²) < 4.78 is 20.3. The van der Waals surface area contributed by atoms with E-state index in [9.17, 15) is 5.21 Å². The molecule has 0 amide bonds. The van der Waals surface area contributed by atoms with Gasteiger partial charge in [0.25, 0.3) is 8.32 Å². The predicted molar refractivity (Wildman–Crippen MR) is 195 cm³/mol. The molecule has 12 heteroatoms. The third-order valence-corrected chi connectivity index (χ3v) is 15.6. The summed E-state index contributed by atoms with van der Waals surface area (Å²) in [5.74, 6) is -0.0250. The van der Waals surface area contributed by atoms with Crippen LogP contribution in [0.25, 0.3) is 0 Å². The minimum absolute atomic E-state index is 0.0140. The number of ether oxygens (including phenoxy) is 2. The number of anilines is 1. The van der Waals surface area contributed by atoms with E-state index in [0.717, 1.165) is 25.9 Å². The Labute approximate surface area is 295 Å². The van der Waals surface area contributed by atoms with E-state index in [1.165, 1.54) is 21.5 Å². The van der Waals surface area contributed by atoms with Gasteiger partial charge in [-0.3, -0.25) is 15.5 Å². The van der Waals surface area contributed by atoms with E-state index in [1.54, 1.807) is 0 Å². The van der Waals surface area contributed by atoms with Gasteiger partial charge in [0.1, 0.15) is 6.61 Å². The Morgan fingerprint density at radius 1 is 0.960 bits per heavy atom. The average molecular weight is 694 g/mol. The molecule has 262 valence electrons. The molecule has 4 aromatic rings. The second-order valence-electron chi connectivity index (χ2n) is 14.9. The molecule has 11 nitrogen and oxygen atoms in total. The fourth-order valence-electron chi connectivity index (χ4n) is 8.17. The zero-order valence-electron chi connectivity index (χ0n) is 29.4. The Morgan fingerprint density at radius 3 is 2.32 bits per heavy atom. The number of hydrogen-bond acceptors (Lipinski definition) is 10. The number of fused-ring (bicyclic) bond motifs is 3. The molecular formula is C38H47N7O4Si. The third-order valence-electron chi connectivity index (χ3n) is 10.4. The van der Waals surface area contributed by atoms with Crippen molar-refractivity contribution in [3.8, 4) is 6.01 Å². The van der Waals surface area contributed by atoms with E-state index in [4.69, 9.17) is 24.3 Å². The van der Waals surface area contributed by atoms with Gasteiger partial charge in [0.2, 0.25) is 11.8 Å². The number of amidine groups is 1. The molecule has 3 aliphatic rings. The second-order valence-corrected chi connectivity index (χ2v) is 19.1. The molecule has 2 saturated heterocycles. The van der Waals surface area contributed by atoms with Crippen LogP contribution in [0.5, 0.6) is 6.01 Å². The van der Waals surface area contributed by atoms with E-state index in [-0.39, 0.29) is 28.2 Å². The summed E-state index contributed by atoms with van der Waals surface area (Å²) in [6.45, 7) is 12.9. The number of nitrogens with zero attached hydrogens (tertiary/aromatic N) is 5. The number of rotatable bonds is 9. The third kappa shape index (κ3) is 6.19. The summed E-state index contributed by atoms with van der Waals surface area (Å²) in [7, 11) is -2.94. The Kier molecular flexibility index (Phi) is 9.25. The van der Waals surface area contributed by atoms with E-state index in [2.05, 4.69) is 115 Å². The Bertz CT molecular complexity index is 1790. The molecule has 4 heterocycles. The predicted octanol–water partition coefficient (Wildman–Crippen LogP) is 4.23. The van der Waals surface area contributed by atoms with Crippen molar-refractivity contribution >= 4 is 30.5 Å². The van der Waals surface area contributed by atoms with Gasteiger partial charge in [-0.15, -0.1) is 0 Å². The minimum Gasteiger partial charge on any atom is -0.461 e. The number of aromatic nitrogens is 3. The highest BCUT2D eigenvalue weighted by atomic mass is 28.4. The molecule has 0 spiro atoms. The van der Waals surface area contributed by atoms with Gasteiger partial charge in [0, 0.05) is 13.1 Å². The van der Waals surface area contributed by atoms with Crippen LogP contribution in [0.2, 0.25) is 5.04 Å². The maximum Gasteiger partial charge on any atom is 0.321 e. The molecule has 2 unspecified atom stereocenters. The molecule has 3 aromatic carbocycles. The molecule has 0 saturated carbocycles. The van der Waals surface area contributed by atoms with Gasteiger partial charge >= 0.3 is 6.01 Å². The largest absolute Gasteiger partial charge is 0.461 e. The molecule has 2 atom stereocenters. The first-order chi connectivity index (χ1) is 24.1. The fourth-order valence-corrected chi connectivity index (χ4v) is 13.0. The number of hydroxylamine groups is 1. The Morgan fingerprint density at radius 2 is 1.64 bits per heavy atom. The summed E-state index contributed by atoms with van der Waals surface area (Å²) in [5.41, 5.74) is 3.49. The molecule has 3 aliphatic heterocycles. The first kappa shape index (κ1) is 34.3. The van der Waals surface area contributed by atoms with E-state index >= 15 is 0 Å². The Balaban J connectivity index is 1.23. The Hall–Kier alpha value is -4.20. The van der Waals surface area contributed by atoms with Crippen molar-refractivity contribution in [2.75, 3.05) is 44.4 Å². The van der Waals surface area contributed by atoms with E-state index in [1.807, 2.05) is 22.5 Å². The molecule has 0 bridgehead atoms. The van der Waals surface area contributed by atoms with Crippen molar-refractivity contribution in [1.29, 1.82) is 5.41 Å². The van der Waals surface area contributed by atoms with E-state index < -0.39 is 13.9 Å². The maximum absolute atomic E-state index is 9.69. The summed E-state index contributed by atoms with van der Waals surface area (Å²) in [6.07, 6.45) is 2.06. The highest BCUT2D eigenvalue weighted by Gasteiger charge is 2.54. The van der Waals surface area contributed by atoms with Crippen LogP contribution in [-0.4, -0.2) is 84.3 Å². The van der Waals surface area contributed by atoms with Crippen LogP contribution in [0.3, 0.4) is 0 Å². The summed E-state index contributed by atoms with van der Waals surface area (Å²) in [5, 5.41) is 20.2. The molecule has 0 aliphatic carbocycles.